The molecule has 3 aliphatic rings. The second kappa shape index (κ2) is 11.4. The minimum Gasteiger partial charge on any atom is -0.342 e. The highest BCUT2D eigenvalue weighted by molar-refractivity contribution is 5.79. The second-order valence-corrected chi connectivity index (χ2v) is 10.5. The molecule has 174 valence electrons. The number of piperidine rings is 1. The van der Waals surface area contributed by atoms with Crippen LogP contribution in [0.25, 0.3) is 0 Å². The number of hydrogen-bond donors (Lipinski definition) is 0. The summed E-state index contributed by atoms with van der Waals surface area (Å²) >= 11 is 0. The maximum Gasteiger partial charge on any atom is 0.225 e. The molecule has 5 heteroatoms. The quantitative estimate of drug-likeness (QED) is 0.643. The molecule has 0 aromatic rings. The van der Waals surface area contributed by atoms with Crippen LogP contribution in [0.5, 0.6) is 0 Å². The average molecular weight is 430 g/mol. The van der Waals surface area contributed by atoms with Crippen LogP contribution in [0.4, 0.5) is 0 Å². The van der Waals surface area contributed by atoms with Gasteiger partial charge in [-0.05, 0) is 50.4 Å². The molecule has 0 atom stereocenters. The molecule has 2 aliphatic heterocycles. The van der Waals surface area contributed by atoms with Gasteiger partial charge in [0, 0.05) is 57.0 Å². The zero-order valence-corrected chi connectivity index (χ0v) is 20.2. The summed E-state index contributed by atoms with van der Waals surface area (Å²) < 4.78 is 0. The van der Waals surface area contributed by atoms with Crippen molar-refractivity contribution in [1.82, 2.24) is 14.7 Å². The molecule has 31 heavy (non-hydrogen) atoms. The Morgan fingerprint density at radius 1 is 0.806 bits per heavy atom. The fourth-order valence-corrected chi connectivity index (χ4v) is 5.33. The molecule has 1 saturated carbocycles. The maximum atomic E-state index is 12.9. The Hall–Kier alpha value is -1.54. The number of nitrogens with zero attached hydrogens (tertiary/aromatic N) is 3. The first-order chi connectivity index (χ1) is 14.8. The first kappa shape index (κ1) is 24.1. The van der Waals surface area contributed by atoms with Crippen LogP contribution in [0.3, 0.4) is 0 Å². The number of likely N-dealkylation sites (tertiary alicyclic amines) is 1. The molecule has 2 amide bonds. The first-order valence-electron chi connectivity index (χ1n) is 12.6. The molecule has 0 aromatic carbocycles. The Labute approximate surface area is 189 Å². The van der Waals surface area contributed by atoms with E-state index in [1.807, 2.05) is 18.7 Å². The zero-order chi connectivity index (χ0) is 22.4. The summed E-state index contributed by atoms with van der Waals surface area (Å²) in [4.78, 5) is 31.5. The van der Waals surface area contributed by atoms with Gasteiger partial charge in [0.25, 0.3) is 0 Å². The largest absolute Gasteiger partial charge is 0.342 e. The van der Waals surface area contributed by atoms with Crippen molar-refractivity contribution in [2.45, 2.75) is 66.2 Å². The van der Waals surface area contributed by atoms with Crippen LogP contribution in [-0.2, 0) is 9.59 Å². The van der Waals surface area contributed by atoms with Crippen LogP contribution in [0.2, 0.25) is 0 Å². The summed E-state index contributed by atoms with van der Waals surface area (Å²) in [5.41, 5.74) is 0. The number of hydrogen-bond acceptors (Lipinski definition) is 3. The van der Waals surface area contributed by atoms with E-state index in [4.69, 9.17) is 0 Å². The van der Waals surface area contributed by atoms with Gasteiger partial charge in [-0.15, -0.1) is 0 Å². The molecule has 0 spiro atoms. The van der Waals surface area contributed by atoms with Gasteiger partial charge in [0.15, 0.2) is 0 Å². The summed E-state index contributed by atoms with van der Waals surface area (Å²) in [5.74, 6) is 9.81. The van der Waals surface area contributed by atoms with Gasteiger partial charge in [-0.3, -0.25) is 14.5 Å². The molecule has 0 unspecified atom stereocenters. The van der Waals surface area contributed by atoms with E-state index in [9.17, 15) is 9.59 Å². The maximum absolute atomic E-state index is 12.9. The highest BCUT2D eigenvalue weighted by Gasteiger charge is 2.31. The van der Waals surface area contributed by atoms with Crippen LogP contribution in [0, 0.1) is 41.4 Å². The Morgan fingerprint density at radius 2 is 1.42 bits per heavy atom. The van der Waals surface area contributed by atoms with E-state index < -0.39 is 0 Å². The first-order valence-corrected chi connectivity index (χ1v) is 12.6. The van der Waals surface area contributed by atoms with Crippen LogP contribution >= 0.6 is 0 Å². The summed E-state index contributed by atoms with van der Waals surface area (Å²) in [6.45, 7) is 14.6. The van der Waals surface area contributed by atoms with E-state index in [2.05, 4.69) is 35.5 Å². The number of piperazine rings is 1. The summed E-state index contributed by atoms with van der Waals surface area (Å²) in [6.07, 6.45) is 6.58. The van der Waals surface area contributed by atoms with Gasteiger partial charge in [0.05, 0.1) is 6.54 Å². The molecule has 3 fully saturated rings. The van der Waals surface area contributed by atoms with E-state index in [-0.39, 0.29) is 17.7 Å². The van der Waals surface area contributed by atoms with Crippen molar-refractivity contribution >= 4 is 11.8 Å². The standard InChI is InChI=1S/C26H43N3O2/c1-20(2)23-7-9-24(10-8-23)26(31)29-18-16-27(17-19-29)13-5-6-22-11-14-28(15-12-22)25(30)21(3)4/h20-24H,7-19H2,1-4H3. The summed E-state index contributed by atoms with van der Waals surface area (Å²) in [6, 6.07) is 0. The van der Waals surface area contributed by atoms with Crippen molar-refractivity contribution in [2.75, 3.05) is 45.8 Å². The Bertz CT molecular complexity index is 654. The van der Waals surface area contributed by atoms with E-state index >= 15 is 0 Å². The third-order valence-corrected chi connectivity index (χ3v) is 7.66. The number of amides is 2. The van der Waals surface area contributed by atoms with Crippen molar-refractivity contribution in [3.05, 3.63) is 0 Å². The molecule has 0 N–H and O–H groups in total. The monoisotopic (exact) mass is 429 g/mol. The lowest BCUT2D eigenvalue weighted by atomic mass is 9.76. The Morgan fingerprint density at radius 3 is 1.97 bits per heavy atom. The van der Waals surface area contributed by atoms with Gasteiger partial charge in [-0.2, -0.15) is 0 Å². The SMILES string of the molecule is CC(C)C(=O)N1CCC(C#CCN2CCN(C(=O)C3CCC(C(C)C)CC3)CC2)CC1. The van der Waals surface area contributed by atoms with Crippen LogP contribution < -0.4 is 0 Å². The minimum absolute atomic E-state index is 0.0863. The van der Waals surface area contributed by atoms with Gasteiger partial charge in [-0.25, -0.2) is 0 Å². The molecule has 5 nitrogen and oxygen atoms in total. The molecular weight excluding hydrogens is 386 g/mol. The van der Waals surface area contributed by atoms with Crippen LogP contribution in [0.1, 0.15) is 66.2 Å². The lowest BCUT2D eigenvalue weighted by Gasteiger charge is -2.38. The third kappa shape index (κ3) is 6.72. The Balaban J connectivity index is 1.34. The van der Waals surface area contributed by atoms with Gasteiger partial charge in [-0.1, -0.05) is 39.5 Å². The van der Waals surface area contributed by atoms with Gasteiger partial charge in [0.1, 0.15) is 0 Å². The lowest BCUT2D eigenvalue weighted by molar-refractivity contribution is -0.138. The van der Waals surface area contributed by atoms with Crippen molar-refractivity contribution in [1.29, 1.82) is 0 Å². The van der Waals surface area contributed by atoms with E-state index in [0.717, 1.165) is 83.3 Å². The summed E-state index contributed by atoms with van der Waals surface area (Å²) in [7, 11) is 0. The smallest absolute Gasteiger partial charge is 0.225 e. The molecule has 0 radical (unpaired) electrons. The lowest BCUT2D eigenvalue weighted by Crippen LogP contribution is -2.50. The van der Waals surface area contributed by atoms with Crippen molar-refractivity contribution < 1.29 is 9.59 Å². The van der Waals surface area contributed by atoms with Gasteiger partial charge < -0.3 is 9.80 Å². The second-order valence-electron chi connectivity index (χ2n) is 10.5. The molecule has 0 bridgehead atoms. The predicted octanol–water partition coefficient (Wildman–Crippen LogP) is 3.49. The molecular formula is C26H43N3O2. The van der Waals surface area contributed by atoms with Crippen LogP contribution in [0.15, 0.2) is 0 Å². The topological polar surface area (TPSA) is 43.9 Å². The van der Waals surface area contributed by atoms with Crippen molar-refractivity contribution in [2.24, 2.45) is 29.6 Å². The van der Waals surface area contributed by atoms with Crippen molar-refractivity contribution in [3.8, 4) is 11.8 Å². The summed E-state index contributed by atoms with van der Waals surface area (Å²) in [5, 5.41) is 0. The number of rotatable bonds is 4. The van der Waals surface area contributed by atoms with E-state index in [0.29, 0.717) is 11.8 Å². The average Bonchev–Trinajstić information content (AvgIpc) is 2.79. The zero-order valence-electron chi connectivity index (χ0n) is 20.2. The van der Waals surface area contributed by atoms with Crippen molar-refractivity contribution in [3.63, 3.8) is 0 Å². The fraction of sp³-hybridized carbons (Fsp3) is 0.846. The van der Waals surface area contributed by atoms with Gasteiger partial charge in [0.2, 0.25) is 11.8 Å². The predicted molar refractivity (Wildman–Crippen MR) is 125 cm³/mol. The Kier molecular flexibility index (Phi) is 8.84. The molecule has 2 heterocycles. The van der Waals surface area contributed by atoms with E-state index in [1.54, 1.807) is 0 Å². The molecule has 2 saturated heterocycles. The number of carbonyl (C=O) groups is 2. The molecule has 1 aliphatic carbocycles. The van der Waals surface area contributed by atoms with E-state index in [1.165, 1.54) is 12.8 Å². The molecule has 3 rings (SSSR count). The van der Waals surface area contributed by atoms with Gasteiger partial charge >= 0.3 is 0 Å². The third-order valence-electron chi connectivity index (χ3n) is 7.66. The normalized spacial score (nSPS) is 26.1. The number of carbonyl (C=O) groups excluding carboxylic acids is 2. The minimum atomic E-state index is 0.0863. The molecule has 0 aromatic heterocycles. The fourth-order valence-electron chi connectivity index (χ4n) is 5.33. The highest BCUT2D eigenvalue weighted by atomic mass is 16.2. The highest BCUT2D eigenvalue weighted by Crippen LogP contribution is 2.34. The van der Waals surface area contributed by atoms with Crippen LogP contribution in [-0.4, -0.2) is 72.3 Å².